The van der Waals surface area contributed by atoms with Crippen molar-refractivity contribution in [3.05, 3.63) is 0 Å². The lowest BCUT2D eigenvalue weighted by Gasteiger charge is -2.33. The molecular weight excluding hydrogens is 182 g/mol. The second-order valence-corrected chi connectivity index (χ2v) is 4.22. The predicted octanol–water partition coefficient (Wildman–Crippen LogP) is 0.602. The normalized spacial score (nSPS) is 23.0. The van der Waals surface area contributed by atoms with E-state index in [-0.39, 0.29) is 0 Å². The van der Waals surface area contributed by atoms with Gasteiger partial charge in [-0.2, -0.15) is 0 Å². The van der Waals surface area contributed by atoms with Crippen molar-refractivity contribution in [2.75, 3.05) is 13.1 Å². The molecule has 1 aliphatic heterocycles. The monoisotopic (exact) mass is 201 g/mol. The second-order valence-electron chi connectivity index (χ2n) is 4.22. The first-order valence-electron chi connectivity index (χ1n) is 5.19. The number of aliphatic hydroxyl groups excluding tert-OH is 1. The van der Waals surface area contributed by atoms with Gasteiger partial charge in [0.1, 0.15) is 0 Å². The number of carboxylic acids is 1. The fourth-order valence-electron chi connectivity index (χ4n) is 1.96. The Hall–Kier alpha value is -0.610. The highest BCUT2D eigenvalue weighted by atomic mass is 16.4. The Bertz CT molecular complexity index is 198. The highest BCUT2D eigenvalue weighted by Crippen LogP contribution is 2.34. The van der Waals surface area contributed by atoms with Gasteiger partial charge in [0.15, 0.2) is 0 Å². The van der Waals surface area contributed by atoms with E-state index in [0.29, 0.717) is 25.7 Å². The zero-order valence-electron chi connectivity index (χ0n) is 8.62. The lowest BCUT2D eigenvalue weighted by molar-refractivity contribution is -0.151. The summed E-state index contributed by atoms with van der Waals surface area (Å²) < 4.78 is 0. The quantitative estimate of drug-likeness (QED) is 0.623. The number of carboxylic acid groups (broad SMARTS) is 1. The molecule has 1 aliphatic rings. The third kappa shape index (κ3) is 2.69. The van der Waals surface area contributed by atoms with Crippen LogP contribution in [0.4, 0.5) is 0 Å². The second kappa shape index (κ2) is 4.75. The topological polar surface area (TPSA) is 69.6 Å². The molecule has 1 rings (SSSR count). The van der Waals surface area contributed by atoms with E-state index >= 15 is 0 Å². The molecule has 3 N–H and O–H groups in total. The largest absolute Gasteiger partial charge is 0.481 e. The van der Waals surface area contributed by atoms with Crippen LogP contribution >= 0.6 is 0 Å². The van der Waals surface area contributed by atoms with E-state index in [9.17, 15) is 15.0 Å². The maximum atomic E-state index is 11.2. The van der Waals surface area contributed by atoms with Gasteiger partial charge in [0, 0.05) is 0 Å². The fraction of sp³-hybridized carbons (Fsp3) is 0.900. The third-order valence-corrected chi connectivity index (χ3v) is 3.06. The van der Waals surface area contributed by atoms with Gasteiger partial charge in [-0.25, -0.2) is 0 Å². The minimum absolute atomic E-state index is 0.402. The van der Waals surface area contributed by atoms with Gasteiger partial charge in [-0.05, 0) is 45.7 Å². The summed E-state index contributed by atoms with van der Waals surface area (Å²) in [6.07, 6.45) is 2.11. The molecule has 82 valence electrons. The Morgan fingerprint density at radius 3 is 2.50 bits per heavy atom. The summed E-state index contributed by atoms with van der Waals surface area (Å²) >= 11 is 0. The van der Waals surface area contributed by atoms with Crippen molar-refractivity contribution in [1.82, 2.24) is 5.32 Å². The molecule has 1 heterocycles. The van der Waals surface area contributed by atoms with Crippen molar-refractivity contribution in [3.63, 3.8) is 0 Å². The van der Waals surface area contributed by atoms with Crippen LogP contribution in [0.1, 0.15) is 32.6 Å². The molecule has 4 nitrogen and oxygen atoms in total. The van der Waals surface area contributed by atoms with E-state index in [0.717, 1.165) is 13.1 Å². The number of carbonyl (C=O) groups is 1. The van der Waals surface area contributed by atoms with Crippen LogP contribution in [0.5, 0.6) is 0 Å². The Balaban J connectivity index is 2.56. The zero-order chi connectivity index (χ0) is 10.6. The van der Waals surface area contributed by atoms with E-state index in [1.54, 1.807) is 6.92 Å². The lowest BCUT2D eigenvalue weighted by Crippen LogP contribution is -2.42. The van der Waals surface area contributed by atoms with Crippen LogP contribution < -0.4 is 5.32 Å². The van der Waals surface area contributed by atoms with Gasteiger partial charge in [-0.1, -0.05) is 0 Å². The molecule has 1 atom stereocenters. The van der Waals surface area contributed by atoms with Gasteiger partial charge in [0.2, 0.25) is 0 Å². The Labute approximate surface area is 84.3 Å². The first kappa shape index (κ1) is 11.5. The predicted molar refractivity (Wildman–Crippen MR) is 53.1 cm³/mol. The fourth-order valence-corrected chi connectivity index (χ4v) is 1.96. The van der Waals surface area contributed by atoms with Crippen LogP contribution in [0.15, 0.2) is 0 Å². The minimum atomic E-state index is -0.709. The molecule has 0 aromatic carbocycles. The van der Waals surface area contributed by atoms with Crippen molar-refractivity contribution in [3.8, 4) is 0 Å². The number of aliphatic hydroxyl groups is 1. The van der Waals surface area contributed by atoms with Gasteiger partial charge in [-0.3, -0.25) is 4.79 Å². The van der Waals surface area contributed by atoms with Crippen LogP contribution in [0.25, 0.3) is 0 Å². The molecule has 1 saturated heterocycles. The zero-order valence-corrected chi connectivity index (χ0v) is 8.62. The standard InChI is InChI=1S/C10H19NO3/c1-8(12)2-3-10(9(13)14)4-6-11-7-5-10/h8,11-12H,2-7H2,1H3,(H,13,14). The number of nitrogens with one attached hydrogen (secondary N) is 1. The summed E-state index contributed by atoms with van der Waals surface area (Å²) in [7, 11) is 0. The van der Waals surface area contributed by atoms with E-state index in [1.165, 1.54) is 0 Å². The van der Waals surface area contributed by atoms with Crippen molar-refractivity contribution >= 4 is 5.97 Å². The van der Waals surface area contributed by atoms with Gasteiger partial charge >= 0.3 is 5.97 Å². The minimum Gasteiger partial charge on any atom is -0.481 e. The maximum absolute atomic E-state index is 11.2. The SMILES string of the molecule is CC(O)CCC1(C(=O)O)CCNCC1. The number of hydrogen-bond donors (Lipinski definition) is 3. The molecule has 0 saturated carbocycles. The van der Waals surface area contributed by atoms with Crippen molar-refractivity contribution < 1.29 is 15.0 Å². The van der Waals surface area contributed by atoms with E-state index < -0.39 is 17.5 Å². The third-order valence-electron chi connectivity index (χ3n) is 3.06. The van der Waals surface area contributed by atoms with Gasteiger partial charge in [0.25, 0.3) is 0 Å². The van der Waals surface area contributed by atoms with Crippen LogP contribution in [0, 0.1) is 5.41 Å². The summed E-state index contributed by atoms with van der Waals surface area (Å²) in [5.74, 6) is -0.709. The van der Waals surface area contributed by atoms with Crippen molar-refractivity contribution in [1.29, 1.82) is 0 Å². The van der Waals surface area contributed by atoms with Crippen LogP contribution in [-0.4, -0.2) is 35.4 Å². The molecule has 4 heteroatoms. The molecule has 0 spiro atoms. The summed E-state index contributed by atoms with van der Waals surface area (Å²) in [5, 5.41) is 21.5. The van der Waals surface area contributed by atoms with Crippen LogP contribution in [-0.2, 0) is 4.79 Å². The summed E-state index contributed by atoms with van der Waals surface area (Å²) in [6.45, 7) is 3.24. The molecule has 0 aromatic heterocycles. The Morgan fingerprint density at radius 2 is 2.07 bits per heavy atom. The summed E-state index contributed by atoms with van der Waals surface area (Å²) in [6, 6.07) is 0. The number of hydrogen-bond acceptors (Lipinski definition) is 3. The highest BCUT2D eigenvalue weighted by molar-refractivity contribution is 5.74. The average molecular weight is 201 g/mol. The summed E-state index contributed by atoms with van der Waals surface area (Å²) in [5.41, 5.74) is -0.595. The van der Waals surface area contributed by atoms with Crippen molar-refractivity contribution in [2.24, 2.45) is 5.41 Å². The van der Waals surface area contributed by atoms with Gasteiger partial charge < -0.3 is 15.5 Å². The Morgan fingerprint density at radius 1 is 1.50 bits per heavy atom. The molecule has 1 unspecified atom stereocenters. The molecule has 0 aromatic rings. The van der Waals surface area contributed by atoms with Crippen LogP contribution in [0.3, 0.4) is 0 Å². The summed E-state index contributed by atoms with van der Waals surface area (Å²) in [4.78, 5) is 11.2. The van der Waals surface area contributed by atoms with E-state index in [4.69, 9.17) is 0 Å². The van der Waals surface area contributed by atoms with E-state index in [2.05, 4.69) is 5.32 Å². The molecular formula is C10H19NO3. The Kier molecular flexibility index (Phi) is 3.89. The first-order chi connectivity index (χ1) is 6.57. The molecule has 0 aliphatic carbocycles. The molecule has 0 amide bonds. The number of rotatable bonds is 4. The first-order valence-corrected chi connectivity index (χ1v) is 5.19. The van der Waals surface area contributed by atoms with Crippen LogP contribution in [0.2, 0.25) is 0 Å². The highest BCUT2D eigenvalue weighted by Gasteiger charge is 2.39. The molecule has 14 heavy (non-hydrogen) atoms. The van der Waals surface area contributed by atoms with Crippen molar-refractivity contribution in [2.45, 2.75) is 38.7 Å². The smallest absolute Gasteiger partial charge is 0.309 e. The lowest BCUT2D eigenvalue weighted by atomic mass is 9.75. The van der Waals surface area contributed by atoms with Gasteiger partial charge in [-0.15, -0.1) is 0 Å². The average Bonchev–Trinajstić information content (AvgIpc) is 2.16. The number of piperidine rings is 1. The maximum Gasteiger partial charge on any atom is 0.309 e. The molecule has 1 fully saturated rings. The molecule has 0 radical (unpaired) electrons. The van der Waals surface area contributed by atoms with Gasteiger partial charge in [0.05, 0.1) is 11.5 Å². The van der Waals surface area contributed by atoms with E-state index in [1.807, 2.05) is 0 Å². The molecule has 0 bridgehead atoms. The number of aliphatic carboxylic acids is 1.